The zero-order valence-electron chi connectivity index (χ0n) is 10.5. The van der Waals surface area contributed by atoms with Crippen LogP contribution in [0.1, 0.15) is 11.3 Å². The lowest BCUT2D eigenvalue weighted by molar-refractivity contribution is 0.618. The number of aryl methyl sites for hydroxylation is 2. The van der Waals surface area contributed by atoms with Crippen LogP contribution in [0.3, 0.4) is 0 Å². The number of fused-ring (bicyclic) bond motifs is 1. The predicted octanol–water partition coefficient (Wildman–Crippen LogP) is 3.91. The number of imidazole rings is 1. The first kappa shape index (κ1) is 12.3. The summed E-state index contributed by atoms with van der Waals surface area (Å²) in [6, 6.07) is 8.78. The molecule has 0 atom stereocenters. The van der Waals surface area contributed by atoms with E-state index in [1.807, 2.05) is 19.1 Å². The maximum atomic E-state index is 13.3. The van der Waals surface area contributed by atoms with Gasteiger partial charge in [0.1, 0.15) is 10.4 Å². The highest BCUT2D eigenvalue weighted by Crippen LogP contribution is 2.23. The first-order valence-electron chi connectivity index (χ1n) is 5.84. The van der Waals surface area contributed by atoms with E-state index >= 15 is 0 Å². The fourth-order valence-electron chi connectivity index (χ4n) is 1.97. The number of aromatic nitrogens is 3. The molecule has 3 aromatic rings. The Kier molecular flexibility index (Phi) is 2.86. The molecule has 3 nitrogen and oxygen atoms in total. The van der Waals surface area contributed by atoms with Crippen molar-refractivity contribution in [3.63, 3.8) is 0 Å². The smallest absolute Gasteiger partial charge is 0.155 e. The van der Waals surface area contributed by atoms with Gasteiger partial charge in [0.2, 0.25) is 0 Å². The van der Waals surface area contributed by atoms with Crippen LogP contribution in [0.2, 0.25) is 0 Å². The van der Waals surface area contributed by atoms with E-state index in [0.29, 0.717) is 5.56 Å². The van der Waals surface area contributed by atoms with Crippen LogP contribution < -0.4 is 0 Å². The highest BCUT2D eigenvalue weighted by atomic mass is 79.9. The van der Waals surface area contributed by atoms with Crippen molar-refractivity contribution >= 4 is 21.6 Å². The minimum absolute atomic E-state index is 0.204. The molecule has 19 heavy (non-hydrogen) atoms. The molecule has 5 heteroatoms. The third-order valence-corrected chi connectivity index (χ3v) is 3.95. The Bertz CT molecular complexity index is 780. The summed E-state index contributed by atoms with van der Waals surface area (Å²) in [5, 5.41) is 4.52. The fraction of sp³-hybridized carbons (Fsp3) is 0.143. The molecule has 2 aromatic heterocycles. The monoisotopic (exact) mass is 319 g/mol. The number of hydrogen-bond acceptors (Lipinski definition) is 2. The van der Waals surface area contributed by atoms with Gasteiger partial charge in [0.05, 0.1) is 11.4 Å². The number of nitrogens with zero attached hydrogens (tertiary/aromatic N) is 3. The van der Waals surface area contributed by atoms with Gasteiger partial charge >= 0.3 is 0 Å². The molecule has 3 rings (SSSR count). The van der Waals surface area contributed by atoms with E-state index in [2.05, 4.69) is 26.0 Å². The zero-order valence-corrected chi connectivity index (χ0v) is 12.1. The Hall–Kier alpha value is -1.75. The van der Waals surface area contributed by atoms with Gasteiger partial charge < -0.3 is 0 Å². The van der Waals surface area contributed by atoms with E-state index in [9.17, 15) is 4.39 Å². The van der Waals surface area contributed by atoms with Crippen LogP contribution in [0.4, 0.5) is 4.39 Å². The van der Waals surface area contributed by atoms with Gasteiger partial charge in [0.25, 0.3) is 0 Å². The molecule has 1 aromatic carbocycles. The Morgan fingerprint density at radius 3 is 2.68 bits per heavy atom. The summed E-state index contributed by atoms with van der Waals surface area (Å²) in [6.45, 7) is 3.66. The van der Waals surface area contributed by atoms with E-state index in [0.717, 1.165) is 27.2 Å². The van der Waals surface area contributed by atoms with Gasteiger partial charge in [0.15, 0.2) is 5.65 Å². The van der Waals surface area contributed by atoms with Crippen LogP contribution >= 0.6 is 15.9 Å². The molecule has 0 saturated carbocycles. The first-order valence-corrected chi connectivity index (χ1v) is 6.64. The summed E-state index contributed by atoms with van der Waals surface area (Å²) in [7, 11) is 0. The third-order valence-electron chi connectivity index (χ3n) is 3.04. The summed E-state index contributed by atoms with van der Waals surface area (Å²) in [4.78, 5) is 4.37. The average Bonchev–Trinajstić information content (AvgIpc) is 2.68. The molecule has 0 saturated heterocycles. The molecular weight excluding hydrogens is 309 g/mol. The second kappa shape index (κ2) is 4.42. The summed E-state index contributed by atoms with van der Waals surface area (Å²) in [5.41, 5.74) is 3.96. The zero-order chi connectivity index (χ0) is 13.6. The van der Waals surface area contributed by atoms with Crippen molar-refractivity contribution in [3.8, 4) is 11.3 Å². The second-order valence-electron chi connectivity index (χ2n) is 4.44. The van der Waals surface area contributed by atoms with Crippen LogP contribution in [-0.4, -0.2) is 14.6 Å². The van der Waals surface area contributed by atoms with Gasteiger partial charge in [-0.1, -0.05) is 0 Å². The van der Waals surface area contributed by atoms with Crippen molar-refractivity contribution in [2.24, 2.45) is 0 Å². The van der Waals surface area contributed by atoms with E-state index in [-0.39, 0.29) is 5.82 Å². The maximum absolute atomic E-state index is 13.3. The summed E-state index contributed by atoms with van der Waals surface area (Å²) < 4.78 is 15.9. The standard InChI is InChI=1S/C14H11BrFN3/c1-8-7-10(3-4-11(8)16)12-5-6-13-17-9(2)14(15)19(13)18-12/h3-7H,1-2H3. The van der Waals surface area contributed by atoms with Crippen molar-refractivity contribution in [3.05, 3.63) is 52.0 Å². The molecular formula is C14H11BrFN3. The molecule has 0 aliphatic heterocycles. The van der Waals surface area contributed by atoms with Crippen molar-refractivity contribution in [1.82, 2.24) is 14.6 Å². The van der Waals surface area contributed by atoms with E-state index in [4.69, 9.17) is 0 Å². The van der Waals surface area contributed by atoms with Crippen LogP contribution in [-0.2, 0) is 0 Å². The SMILES string of the molecule is Cc1cc(-c2ccc3nc(C)c(Br)n3n2)ccc1F. The van der Waals surface area contributed by atoms with Gasteiger partial charge in [-0.15, -0.1) is 0 Å². The quantitative estimate of drug-likeness (QED) is 0.680. The molecule has 2 heterocycles. The molecule has 0 N–H and O–H groups in total. The van der Waals surface area contributed by atoms with Crippen LogP contribution in [0.5, 0.6) is 0 Å². The molecule has 0 aliphatic rings. The lowest BCUT2D eigenvalue weighted by atomic mass is 10.1. The third kappa shape index (κ3) is 2.04. The van der Waals surface area contributed by atoms with E-state index in [1.165, 1.54) is 6.07 Å². The summed E-state index contributed by atoms with van der Waals surface area (Å²) >= 11 is 3.46. The Morgan fingerprint density at radius 2 is 1.95 bits per heavy atom. The van der Waals surface area contributed by atoms with Crippen molar-refractivity contribution < 1.29 is 4.39 Å². The lowest BCUT2D eigenvalue weighted by Gasteiger charge is -2.04. The predicted molar refractivity (Wildman–Crippen MR) is 75.6 cm³/mol. The Labute approximate surface area is 118 Å². The molecule has 0 aliphatic carbocycles. The van der Waals surface area contributed by atoms with Crippen LogP contribution in [0, 0.1) is 19.7 Å². The van der Waals surface area contributed by atoms with Gasteiger partial charge in [-0.05, 0) is 65.7 Å². The minimum Gasteiger partial charge on any atom is -0.231 e. The van der Waals surface area contributed by atoms with Crippen molar-refractivity contribution in [2.75, 3.05) is 0 Å². The molecule has 0 spiro atoms. The Balaban J connectivity index is 2.19. The molecule has 96 valence electrons. The molecule has 0 bridgehead atoms. The molecule has 0 unspecified atom stereocenters. The normalized spacial score (nSPS) is 11.2. The lowest BCUT2D eigenvalue weighted by Crippen LogP contribution is -1.95. The number of rotatable bonds is 1. The van der Waals surface area contributed by atoms with Crippen LogP contribution in [0.15, 0.2) is 34.9 Å². The fourth-order valence-corrected chi connectivity index (χ4v) is 2.32. The molecule has 0 amide bonds. The number of hydrogen-bond donors (Lipinski definition) is 0. The van der Waals surface area contributed by atoms with E-state index in [1.54, 1.807) is 23.6 Å². The highest BCUT2D eigenvalue weighted by molar-refractivity contribution is 9.10. The van der Waals surface area contributed by atoms with Gasteiger partial charge in [0, 0.05) is 5.56 Å². The van der Waals surface area contributed by atoms with Crippen molar-refractivity contribution in [2.45, 2.75) is 13.8 Å². The Morgan fingerprint density at radius 1 is 1.16 bits per heavy atom. The summed E-state index contributed by atoms with van der Waals surface area (Å²) in [5.74, 6) is -0.204. The first-order chi connectivity index (χ1) is 9.06. The minimum atomic E-state index is -0.204. The maximum Gasteiger partial charge on any atom is 0.155 e. The van der Waals surface area contributed by atoms with Crippen LogP contribution in [0.25, 0.3) is 16.9 Å². The highest BCUT2D eigenvalue weighted by Gasteiger charge is 2.09. The molecule has 0 fully saturated rings. The second-order valence-corrected chi connectivity index (χ2v) is 5.19. The van der Waals surface area contributed by atoms with Crippen molar-refractivity contribution in [1.29, 1.82) is 0 Å². The number of benzene rings is 1. The van der Waals surface area contributed by atoms with Gasteiger partial charge in [-0.25, -0.2) is 13.9 Å². The largest absolute Gasteiger partial charge is 0.231 e. The number of halogens is 2. The molecule has 0 radical (unpaired) electrons. The van der Waals surface area contributed by atoms with E-state index < -0.39 is 0 Å². The average molecular weight is 320 g/mol. The van der Waals surface area contributed by atoms with Gasteiger partial charge in [-0.3, -0.25) is 0 Å². The topological polar surface area (TPSA) is 30.2 Å². The van der Waals surface area contributed by atoms with Gasteiger partial charge in [-0.2, -0.15) is 5.10 Å². The summed E-state index contributed by atoms with van der Waals surface area (Å²) in [6.07, 6.45) is 0.